The van der Waals surface area contributed by atoms with E-state index < -0.39 is 0 Å². The van der Waals surface area contributed by atoms with Gasteiger partial charge in [0.25, 0.3) is 0 Å². The smallest absolute Gasteiger partial charge is 0.227 e. The van der Waals surface area contributed by atoms with Gasteiger partial charge in [-0.2, -0.15) is 11.8 Å². The van der Waals surface area contributed by atoms with Crippen molar-refractivity contribution in [3.8, 4) is 5.75 Å². The van der Waals surface area contributed by atoms with E-state index in [0.717, 1.165) is 18.1 Å². The first-order valence-corrected chi connectivity index (χ1v) is 6.98. The molecule has 4 heteroatoms. The quantitative estimate of drug-likeness (QED) is 0.872. The average Bonchev–Trinajstić information content (AvgIpc) is 2.32. The number of carbonyl (C=O) groups excluding carboxylic acids is 1. The number of hydrogen-bond donors (Lipinski definition) is 1. The molecule has 0 radical (unpaired) electrons. The van der Waals surface area contributed by atoms with Gasteiger partial charge in [0.2, 0.25) is 5.91 Å². The molecule has 1 N–H and O–H groups in total. The zero-order chi connectivity index (χ0) is 12.3. The number of thioether (sulfide) groups is 1. The van der Waals surface area contributed by atoms with Gasteiger partial charge in [-0.05, 0) is 13.0 Å². The number of phenolic OH excluding ortho intramolecular Hbond substituents is 1. The molecular formula is C13H17NO2S. The van der Waals surface area contributed by atoms with Crippen molar-refractivity contribution in [2.24, 2.45) is 0 Å². The fourth-order valence-corrected chi connectivity index (χ4v) is 3.04. The highest BCUT2D eigenvalue weighted by atomic mass is 32.2. The highest BCUT2D eigenvalue weighted by molar-refractivity contribution is 7.99. The summed E-state index contributed by atoms with van der Waals surface area (Å²) in [5, 5.41) is 9.65. The van der Waals surface area contributed by atoms with E-state index in [9.17, 15) is 9.90 Å². The normalized spacial score (nSPS) is 20.3. The van der Waals surface area contributed by atoms with Gasteiger partial charge in [0.15, 0.2) is 0 Å². The van der Waals surface area contributed by atoms with Crippen LogP contribution >= 0.6 is 11.8 Å². The Labute approximate surface area is 106 Å². The second-order valence-corrected chi connectivity index (χ2v) is 5.47. The van der Waals surface area contributed by atoms with E-state index in [2.05, 4.69) is 6.92 Å². The maximum Gasteiger partial charge on any atom is 0.227 e. The standard InChI is InChI=1S/C13H17NO2S/c1-10-9-17-7-6-14(10)13(16)8-11-4-2-3-5-12(11)15/h2-5,10,15H,6-9H2,1H3. The molecule has 1 heterocycles. The zero-order valence-electron chi connectivity index (χ0n) is 9.93. The Morgan fingerprint density at radius 2 is 2.29 bits per heavy atom. The molecule has 1 saturated heterocycles. The van der Waals surface area contributed by atoms with Gasteiger partial charge < -0.3 is 10.0 Å². The first-order valence-electron chi connectivity index (χ1n) is 5.82. The maximum absolute atomic E-state index is 12.1. The van der Waals surface area contributed by atoms with Crippen molar-refractivity contribution < 1.29 is 9.90 Å². The van der Waals surface area contributed by atoms with Crippen LogP contribution in [-0.4, -0.2) is 40.0 Å². The Morgan fingerprint density at radius 3 is 3.00 bits per heavy atom. The van der Waals surface area contributed by atoms with Gasteiger partial charge in [0, 0.05) is 29.7 Å². The van der Waals surface area contributed by atoms with E-state index in [0.29, 0.717) is 18.0 Å². The molecular weight excluding hydrogens is 234 g/mol. The molecule has 92 valence electrons. The summed E-state index contributed by atoms with van der Waals surface area (Å²) >= 11 is 1.89. The number of rotatable bonds is 2. The number of nitrogens with zero attached hydrogens (tertiary/aromatic N) is 1. The van der Waals surface area contributed by atoms with E-state index in [1.807, 2.05) is 22.7 Å². The summed E-state index contributed by atoms with van der Waals surface area (Å²) in [5.41, 5.74) is 0.711. The molecule has 1 amide bonds. The minimum absolute atomic E-state index is 0.110. The molecule has 2 rings (SSSR count). The van der Waals surface area contributed by atoms with Gasteiger partial charge in [-0.1, -0.05) is 18.2 Å². The number of amides is 1. The number of benzene rings is 1. The molecule has 17 heavy (non-hydrogen) atoms. The molecule has 1 unspecified atom stereocenters. The van der Waals surface area contributed by atoms with Gasteiger partial charge in [0.1, 0.15) is 5.75 Å². The number of phenols is 1. The van der Waals surface area contributed by atoms with Crippen molar-refractivity contribution in [2.75, 3.05) is 18.1 Å². The Kier molecular flexibility index (Phi) is 3.94. The lowest BCUT2D eigenvalue weighted by molar-refractivity contribution is -0.131. The minimum atomic E-state index is 0.110. The highest BCUT2D eigenvalue weighted by Gasteiger charge is 2.23. The second kappa shape index (κ2) is 5.45. The number of hydrogen-bond acceptors (Lipinski definition) is 3. The first kappa shape index (κ1) is 12.3. The van der Waals surface area contributed by atoms with Crippen LogP contribution in [0, 0.1) is 0 Å². The molecule has 1 aliphatic heterocycles. The van der Waals surface area contributed by atoms with Crippen LogP contribution in [0.1, 0.15) is 12.5 Å². The summed E-state index contributed by atoms with van der Waals surface area (Å²) in [6.07, 6.45) is 0.293. The van der Waals surface area contributed by atoms with Crippen molar-refractivity contribution in [3.63, 3.8) is 0 Å². The van der Waals surface area contributed by atoms with Crippen molar-refractivity contribution in [1.29, 1.82) is 0 Å². The number of aromatic hydroxyl groups is 1. The Morgan fingerprint density at radius 1 is 1.53 bits per heavy atom. The third-order valence-electron chi connectivity index (χ3n) is 3.02. The third-order valence-corrected chi connectivity index (χ3v) is 4.21. The molecule has 0 aliphatic carbocycles. The summed E-state index contributed by atoms with van der Waals surface area (Å²) < 4.78 is 0. The summed E-state index contributed by atoms with van der Waals surface area (Å²) in [5.74, 6) is 2.34. The van der Waals surface area contributed by atoms with Crippen LogP contribution in [0.25, 0.3) is 0 Å². The van der Waals surface area contributed by atoms with Crippen LogP contribution in [0.3, 0.4) is 0 Å². The monoisotopic (exact) mass is 251 g/mol. The third kappa shape index (κ3) is 2.94. The molecule has 0 spiro atoms. The Bertz CT molecular complexity index is 408. The van der Waals surface area contributed by atoms with Crippen LogP contribution in [0.2, 0.25) is 0 Å². The predicted molar refractivity (Wildman–Crippen MR) is 70.3 cm³/mol. The fourth-order valence-electron chi connectivity index (χ4n) is 2.02. The second-order valence-electron chi connectivity index (χ2n) is 4.32. The molecule has 0 bridgehead atoms. The van der Waals surface area contributed by atoms with Gasteiger partial charge >= 0.3 is 0 Å². The molecule has 1 aromatic carbocycles. The predicted octanol–water partition coefficient (Wildman–Crippen LogP) is 1.90. The molecule has 3 nitrogen and oxygen atoms in total. The van der Waals surface area contributed by atoms with E-state index in [-0.39, 0.29) is 11.7 Å². The van der Waals surface area contributed by atoms with Crippen LogP contribution in [0.4, 0.5) is 0 Å². The summed E-state index contributed by atoms with van der Waals surface area (Å²) in [7, 11) is 0. The molecule has 0 aromatic heterocycles. The van der Waals surface area contributed by atoms with Crippen molar-refractivity contribution in [1.82, 2.24) is 4.90 Å². The Balaban J connectivity index is 2.03. The lowest BCUT2D eigenvalue weighted by Crippen LogP contribution is -2.45. The van der Waals surface area contributed by atoms with Crippen molar-refractivity contribution in [2.45, 2.75) is 19.4 Å². The summed E-state index contributed by atoms with van der Waals surface area (Å²) in [6, 6.07) is 7.34. The molecule has 1 atom stereocenters. The van der Waals surface area contributed by atoms with Gasteiger partial charge in [-0.15, -0.1) is 0 Å². The highest BCUT2D eigenvalue weighted by Crippen LogP contribution is 2.20. The Hall–Kier alpha value is -1.16. The van der Waals surface area contributed by atoms with Crippen LogP contribution in [0.15, 0.2) is 24.3 Å². The molecule has 1 aromatic rings. The van der Waals surface area contributed by atoms with Crippen molar-refractivity contribution in [3.05, 3.63) is 29.8 Å². The SMILES string of the molecule is CC1CSCCN1C(=O)Cc1ccccc1O. The van der Waals surface area contributed by atoms with E-state index in [1.165, 1.54) is 0 Å². The van der Waals surface area contributed by atoms with Crippen LogP contribution in [0.5, 0.6) is 5.75 Å². The van der Waals surface area contributed by atoms with Crippen LogP contribution < -0.4 is 0 Å². The summed E-state index contributed by atoms with van der Waals surface area (Å²) in [4.78, 5) is 14.1. The number of para-hydroxylation sites is 1. The lowest BCUT2D eigenvalue weighted by atomic mass is 10.1. The average molecular weight is 251 g/mol. The minimum Gasteiger partial charge on any atom is -0.508 e. The number of carbonyl (C=O) groups is 1. The van der Waals surface area contributed by atoms with Gasteiger partial charge in [-0.3, -0.25) is 4.79 Å². The van der Waals surface area contributed by atoms with E-state index in [4.69, 9.17) is 0 Å². The molecule has 0 saturated carbocycles. The van der Waals surface area contributed by atoms with E-state index in [1.54, 1.807) is 18.2 Å². The largest absolute Gasteiger partial charge is 0.508 e. The van der Waals surface area contributed by atoms with Crippen LogP contribution in [-0.2, 0) is 11.2 Å². The lowest BCUT2D eigenvalue weighted by Gasteiger charge is -2.33. The topological polar surface area (TPSA) is 40.5 Å². The van der Waals surface area contributed by atoms with Crippen molar-refractivity contribution >= 4 is 17.7 Å². The maximum atomic E-state index is 12.1. The van der Waals surface area contributed by atoms with Gasteiger partial charge in [-0.25, -0.2) is 0 Å². The first-order chi connectivity index (χ1) is 8.18. The molecule has 1 aliphatic rings. The zero-order valence-corrected chi connectivity index (χ0v) is 10.7. The molecule has 1 fully saturated rings. The van der Waals surface area contributed by atoms with Gasteiger partial charge in [0.05, 0.1) is 6.42 Å². The fraction of sp³-hybridized carbons (Fsp3) is 0.462. The van der Waals surface area contributed by atoms with E-state index >= 15 is 0 Å². The summed E-state index contributed by atoms with van der Waals surface area (Å²) in [6.45, 7) is 2.90.